The van der Waals surface area contributed by atoms with Gasteiger partial charge in [-0.25, -0.2) is 29.4 Å². The first kappa shape index (κ1) is 47.4. The largest absolute Gasteiger partial charge is 0.306 e. The van der Waals surface area contributed by atoms with Crippen molar-refractivity contribution in [3.05, 3.63) is 152 Å². The molecular formula is C47H54BrN9. The molecule has 4 aromatic rings. The summed E-state index contributed by atoms with van der Waals surface area (Å²) in [7, 11) is 0. The van der Waals surface area contributed by atoms with Crippen molar-refractivity contribution in [2.24, 2.45) is 0 Å². The molecule has 0 aliphatic carbocycles. The van der Waals surface area contributed by atoms with Crippen molar-refractivity contribution in [2.45, 2.75) is 135 Å². The summed E-state index contributed by atoms with van der Waals surface area (Å²) in [6.45, 7) is 47.3. The zero-order valence-corrected chi connectivity index (χ0v) is 37.3. The first-order valence-electron chi connectivity index (χ1n) is 18.5. The number of rotatable bonds is 9. The summed E-state index contributed by atoms with van der Waals surface area (Å²) in [6, 6.07) is 25.0. The van der Waals surface area contributed by atoms with E-state index in [4.69, 9.17) is 19.7 Å². The van der Waals surface area contributed by atoms with Crippen LogP contribution < -0.4 is 0 Å². The van der Waals surface area contributed by atoms with Crippen molar-refractivity contribution in [1.82, 2.24) is 14.8 Å². The van der Waals surface area contributed by atoms with Gasteiger partial charge in [-0.3, -0.25) is 0 Å². The van der Waals surface area contributed by atoms with E-state index in [9.17, 15) is 15.8 Å². The molecule has 0 spiro atoms. The second kappa shape index (κ2) is 18.4. The number of hydrogen-bond donors (Lipinski definition) is 0. The first-order valence-corrected chi connectivity index (χ1v) is 19.6. The number of nitriles is 3. The molecule has 1 aromatic heterocycles. The molecule has 0 bridgehead atoms. The quantitative estimate of drug-likeness (QED) is 0.123. The molecule has 3 aromatic carbocycles. The van der Waals surface area contributed by atoms with Gasteiger partial charge in [0.25, 0.3) is 16.6 Å². The van der Waals surface area contributed by atoms with E-state index >= 15 is 0 Å². The Hall–Kier alpha value is -5.78. The Morgan fingerprint density at radius 3 is 1.25 bits per heavy atom. The van der Waals surface area contributed by atoms with E-state index in [1.54, 1.807) is 11.0 Å². The third kappa shape index (κ3) is 12.4. The maximum Gasteiger partial charge on any atom is 0.252 e. The van der Waals surface area contributed by atoms with Gasteiger partial charge in [0.2, 0.25) is 0 Å². The van der Waals surface area contributed by atoms with E-state index in [1.807, 2.05) is 145 Å². The molecule has 0 saturated heterocycles. The topological polar surface area (TPSA) is 115 Å². The van der Waals surface area contributed by atoms with E-state index in [2.05, 4.69) is 58.8 Å². The van der Waals surface area contributed by atoms with Gasteiger partial charge in [0.05, 0.1) is 41.0 Å². The first-order chi connectivity index (χ1) is 26.3. The average molecular weight is 825 g/mol. The molecule has 0 N–H and O–H groups in total. The van der Waals surface area contributed by atoms with Crippen molar-refractivity contribution in [2.75, 3.05) is 0 Å². The second-order valence-electron chi connectivity index (χ2n) is 17.4. The van der Waals surface area contributed by atoms with Gasteiger partial charge in [-0.05, 0) is 113 Å². The maximum absolute atomic E-state index is 9.41. The predicted octanol–water partition coefficient (Wildman–Crippen LogP) is 11.8. The summed E-state index contributed by atoms with van der Waals surface area (Å²) in [5.41, 5.74) is 5.55. The smallest absolute Gasteiger partial charge is 0.252 e. The average Bonchev–Trinajstić information content (AvgIpc) is 3.70. The van der Waals surface area contributed by atoms with E-state index in [1.165, 1.54) is 6.33 Å². The van der Waals surface area contributed by atoms with E-state index in [0.29, 0.717) is 6.54 Å². The minimum Gasteiger partial charge on any atom is -0.306 e. The molecule has 1 heterocycles. The minimum atomic E-state index is -0.626. The lowest BCUT2D eigenvalue weighted by atomic mass is 9.81. The van der Waals surface area contributed by atoms with E-state index < -0.39 is 32.9 Å². The number of benzene rings is 3. The van der Waals surface area contributed by atoms with Crippen molar-refractivity contribution in [1.29, 1.82) is 15.8 Å². The molecule has 0 aliphatic heterocycles. The molecule has 0 unspecified atom stereocenters. The molecule has 294 valence electrons. The third-order valence-corrected chi connectivity index (χ3v) is 10.6. The summed E-state index contributed by atoms with van der Waals surface area (Å²) in [5, 5.41) is 32.7. The van der Waals surface area contributed by atoms with Gasteiger partial charge in [0.15, 0.2) is 0 Å². The van der Waals surface area contributed by atoms with Gasteiger partial charge in [0, 0.05) is 63.6 Å². The van der Waals surface area contributed by atoms with Crippen LogP contribution in [-0.4, -0.2) is 14.8 Å². The molecule has 9 nitrogen and oxygen atoms in total. The number of nitrogens with zero attached hydrogens (tertiary/aromatic N) is 9. The minimum absolute atomic E-state index is 0.515. The highest BCUT2D eigenvalue weighted by molar-refractivity contribution is 9.08. The molecule has 10 heteroatoms. The molecule has 4 rings (SSSR count). The Kier molecular flexibility index (Phi) is 15.3. The van der Waals surface area contributed by atoms with Gasteiger partial charge in [-0.2, -0.15) is 20.9 Å². The van der Waals surface area contributed by atoms with Crippen LogP contribution in [0.3, 0.4) is 0 Å². The number of aromatic nitrogens is 3. The van der Waals surface area contributed by atoms with Gasteiger partial charge in [-0.15, -0.1) is 0 Å². The van der Waals surface area contributed by atoms with Crippen molar-refractivity contribution >= 4 is 15.9 Å². The summed E-state index contributed by atoms with van der Waals surface area (Å²) >= 11 is 3.44. The fourth-order valence-corrected chi connectivity index (χ4v) is 5.69. The van der Waals surface area contributed by atoms with Crippen LogP contribution in [0.5, 0.6) is 0 Å². The molecule has 0 amide bonds. The van der Waals surface area contributed by atoms with Crippen LogP contribution in [-0.2, 0) is 44.7 Å². The molecule has 0 atom stereocenters. The summed E-state index contributed by atoms with van der Waals surface area (Å²) in [6.07, 6.45) is 3.15. The lowest BCUT2D eigenvalue weighted by Crippen LogP contribution is -2.19. The van der Waals surface area contributed by atoms with Crippen LogP contribution in [0.25, 0.3) is 14.5 Å². The fourth-order valence-electron chi connectivity index (χ4n) is 5.37. The Labute approximate surface area is 349 Å². The summed E-state index contributed by atoms with van der Waals surface area (Å²) in [4.78, 5) is 15.0. The number of alkyl halides is 1. The zero-order chi connectivity index (χ0) is 43.6. The van der Waals surface area contributed by atoms with Crippen LogP contribution in [0.15, 0.2) is 67.3 Å². The van der Waals surface area contributed by atoms with Gasteiger partial charge >= 0.3 is 0 Å². The van der Waals surface area contributed by atoms with Crippen molar-refractivity contribution < 1.29 is 0 Å². The summed E-state index contributed by atoms with van der Waals surface area (Å²) < 4.78 is 1.73. The highest BCUT2D eigenvalue weighted by Gasteiger charge is 2.32. The van der Waals surface area contributed by atoms with Gasteiger partial charge in [-0.1, -0.05) is 39.7 Å². The lowest BCUT2D eigenvalue weighted by Gasteiger charge is -2.21. The van der Waals surface area contributed by atoms with Crippen LogP contribution in [0, 0.1) is 60.6 Å². The standard InChI is InChI=1S/C17H19N5.C15H17BrN2.C15H18N2/c1-16(2,10-18)14-6-13(9-22-12-20-11-21-22)7-15(8-14)17(3,4)19-5;1-14(2,10-17)12-6-11(9-16)7-13(8-12)15(3,4)18-5;1-11-7-12(14(2,3)10-16)9-13(8-11)15(4,5)17-6/h6-8,11-12H,9H2,1-4H3;6-8H,9H2,1-4H3;7-9H,1-5H3. The van der Waals surface area contributed by atoms with Gasteiger partial charge in [0.1, 0.15) is 12.7 Å². The van der Waals surface area contributed by atoms with Crippen LogP contribution in [0.2, 0.25) is 0 Å². The van der Waals surface area contributed by atoms with Crippen molar-refractivity contribution in [3.8, 4) is 18.2 Å². The number of hydrogen-bond acceptors (Lipinski definition) is 5. The van der Waals surface area contributed by atoms with Crippen molar-refractivity contribution in [3.63, 3.8) is 0 Å². The lowest BCUT2D eigenvalue weighted by molar-refractivity contribution is 0.636. The Balaban J connectivity index is 0.000000298. The predicted molar refractivity (Wildman–Crippen MR) is 231 cm³/mol. The van der Waals surface area contributed by atoms with E-state index in [0.717, 1.165) is 55.4 Å². The second-order valence-corrected chi connectivity index (χ2v) is 17.9. The Bertz CT molecular complexity index is 2170. The highest BCUT2D eigenvalue weighted by atomic mass is 79.9. The van der Waals surface area contributed by atoms with Gasteiger partial charge < -0.3 is 14.5 Å². The molecule has 57 heavy (non-hydrogen) atoms. The normalized spacial score (nSPS) is 11.7. The molecule has 0 fully saturated rings. The molecule has 0 aliphatic rings. The van der Waals surface area contributed by atoms with Crippen LogP contribution in [0.4, 0.5) is 0 Å². The number of halogens is 1. The van der Waals surface area contributed by atoms with E-state index in [-0.39, 0.29) is 0 Å². The number of aryl methyl sites for hydroxylation is 1. The SMILES string of the molecule is [C-]#[N+]C(C)(C)c1cc(C)cc(C(C)(C)C#N)c1.[C-]#[N+]C(C)(C)c1cc(CBr)cc(C(C)(C)C#N)c1.[C-]#[N+]C(C)(C)c1cc(Cn2cncn2)cc(C(C)(C)C#N)c1. The maximum atomic E-state index is 9.41. The van der Waals surface area contributed by atoms with Crippen LogP contribution in [0.1, 0.15) is 133 Å². The highest BCUT2D eigenvalue weighted by Crippen LogP contribution is 2.34. The van der Waals surface area contributed by atoms with Crippen LogP contribution >= 0.6 is 15.9 Å². The Morgan fingerprint density at radius 1 is 0.561 bits per heavy atom. The monoisotopic (exact) mass is 823 g/mol. The fraction of sp³-hybridized carbons (Fsp3) is 0.447. The molecule has 0 radical (unpaired) electrons. The third-order valence-electron chi connectivity index (χ3n) is 9.99. The summed E-state index contributed by atoms with van der Waals surface area (Å²) in [5.74, 6) is 0. The zero-order valence-electron chi connectivity index (χ0n) is 35.7. The molecule has 0 saturated carbocycles. The Morgan fingerprint density at radius 2 is 0.895 bits per heavy atom. The molecular weight excluding hydrogens is 770 g/mol.